The molecule has 0 heterocycles. The van der Waals surface area contributed by atoms with Crippen LogP contribution in [0.4, 0.5) is 0 Å². The number of hydrogen-bond donors (Lipinski definition) is 0. The van der Waals surface area contributed by atoms with Gasteiger partial charge >= 0.3 is 5.97 Å². The minimum atomic E-state index is -0.172. The molecule has 2 aliphatic carbocycles. The van der Waals surface area contributed by atoms with Gasteiger partial charge in [-0.2, -0.15) is 0 Å². The number of ether oxygens (including phenoxy) is 1. The van der Waals surface area contributed by atoms with Gasteiger partial charge in [0, 0.05) is 6.08 Å². The molecule has 13 heavy (non-hydrogen) atoms. The van der Waals surface area contributed by atoms with E-state index in [0.29, 0.717) is 11.8 Å². The molecule has 0 spiro atoms. The molecule has 2 heteroatoms. The fourth-order valence-corrected chi connectivity index (χ4v) is 1.92. The molecule has 72 valence electrons. The minimum absolute atomic E-state index is 0.172. The third-order valence-corrected chi connectivity index (χ3v) is 3.11. The van der Waals surface area contributed by atoms with Crippen molar-refractivity contribution in [3.05, 3.63) is 11.6 Å². The maximum Gasteiger partial charge on any atom is 0.330 e. The largest absolute Gasteiger partial charge is 0.466 e. The van der Waals surface area contributed by atoms with Gasteiger partial charge in [-0.15, -0.1) is 0 Å². The standard InChI is InChI=1S/C11H16O2/c1-13-11(12)7-10(9-5-6-9)8-3-2-4-8/h7-9H,2-6H2,1H3/b10-7+. The zero-order valence-corrected chi connectivity index (χ0v) is 8.08. The summed E-state index contributed by atoms with van der Waals surface area (Å²) in [4.78, 5) is 11.1. The molecule has 0 saturated heterocycles. The van der Waals surface area contributed by atoms with Crippen LogP contribution in [0.3, 0.4) is 0 Å². The summed E-state index contributed by atoms with van der Waals surface area (Å²) in [5.41, 5.74) is 1.37. The van der Waals surface area contributed by atoms with Gasteiger partial charge < -0.3 is 4.74 Å². The molecule has 0 unspecified atom stereocenters. The van der Waals surface area contributed by atoms with E-state index in [1.807, 2.05) is 0 Å². The SMILES string of the molecule is COC(=O)/C=C(\C1CCC1)C1CC1. The van der Waals surface area contributed by atoms with Crippen molar-refractivity contribution < 1.29 is 9.53 Å². The van der Waals surface area contributed by atoms with Crippen LogP contribution >= 0.6 is 0 Å². The maximum absolute atomic E-state index is 11.1. The third-order valence-electron chi connectivity index (χ3n) is 3.11. The van der Waals surface area contributed by atoms with Crippen LogP contribution in [0.25, 0.3) is 0 Å². The Hall–Kier alpha value is -0.790. The number of esters is 1. The van der Waals surface area contributed by atoms with E-state index in [-0.39, 0.29) is 5.97 Å². The molecule has 2 saturated carbocycles. The number of carbonyl (C=O) groups excluding carboxylic acids is 1. The van der Waals surface area contributed by atoms with Crippen LogP contribution in [-0.4, -0.2) is 13.1 Å². The van der Waals surface area contributed by atoms with E-state index < -0.39 is 0 Å². The molecule has 0 atom stereocenters. The molecule has 0 N–H and O–H groups in total. The quantitative estimate of drug-likeness (QED) is 0.492. The fraction of sp³-hybridized carbons (Fsp3) is 0.727. The van der Waals surface area contributed by atoms with Crippen molar-refractivity contribution >= 4 is 5.97 Å². The van der Waals surface area contributed by atoms with E-state index in [4.69, 9.17) is 0 Å². The Balaban J connectivity index is 2.02. The van der Waals surface area contributed by atoms with Crippen LogP contribution in [0.2, 0.25) is 0 Å². The average molecular weight is 180 g/mol. The van der Waals surface area contributed by atoms with Crippen molar-refractivity contribution in [2.75, 3.05) is 7.11 Å². The summed E-state index contributed by atoms with van der Waals surface area (Å²) < 4.78 is 4.66. The first-order chi connectivity index (χ1) is 6.31. The second-order valence-corrected chi connectivity index (χ2v) is 4.07. The summed E-state index contributed by atoms with van der Waals surface area (Å²) in [7, 11) is 1.45. The molecule has 2 aliphatic rings. The Labute approximate surface area is 79.0 Å². The Morgan fingerprint density at radius 3 is 2.23 bits per heavy atom. The first kappa shape index (κ1) is 8.79. The minimum Gasteiger partial charge on any atom is -0.466 e. The van der Waals surface area contributed by atoms with Gasteiger partial charge in [-0.3, -0.25) is 0 Å². The van der Waals surface area contributed by atoms with Gasteiger partial charge in [0.2, 0.25) is 0 Å². The molecule has 0 radical (unpaired) electrons. The van der Waals surface area contributed by atoms with Gasteiger partial charge in [-0.05, 0) is 37.5 Å². The molecule has 2 rings (SSSR count). The van der Waals surface area contributed by atoms with Crippen LogP contribution in [0, 0.1) is 11.8 Å². The van der Waals surface area contributed by atoms with Crippen molar-refractivity contribution in [3.8, 4) is 0 Å². The predicted octanol–water partition coefficient (Wildman–Crippen LogP) is 2.30. The van der Waals surface area contributed by atoms with Crippen molar-refractivity contribution in [1.82, 2.24) is 0 Å². The zero-order chi connectivity index (χ0) is 9.26. The summed E-state index contributed by atoms with van der Waals surface area (Å²) in [6.45, 7) is 0. The summed E-state index contributed by atoms with van der Waals surface area (Å²) in [5, 5.41) is 0. The van der Waals surface area contributed by atoms with Gasteiger partial charge in [-0.25, -0.2) is 4.79 Å². The molecule has 0 aromatic rings. The highest BCUT2D eigenvalue weighted by Gasteiger charge is 2.34. The molecule has 0 amide bonds. The summed E-state index contributed by atoms with van der Waals surface area (Å²) >= 11 is 0. The average Bonchev–Trinajstić information content (AvgIpc) is 2.81. The highest BCUT2D eigenvalue weighted by molar-refractivity contribution is 5.83. The molecule has 2 nitrogen and oxygen atoms in total. The van der Waals surface area contributed by atoms with E-state index >= 15 is 0 Å². The van der Waals surface area contributed by atoms with E-state index in [1.54, 1.807) is 6.08 Å². The third kappa shape index (κ3) is 1.93. The van der Waals surface area contributed by atoms with Crippen LogP contribution in [0.5, 0.6) is 0 Å². The van der Waals surface area contributed by atoms with Crippen LogP contribution in [-0.2, 0) is 9.53 Å². The smallest absolute Gasteiger partial charge is 0.330 e. The normalized spacial score (nSPS) is 23.9. The Morgan fingerprint density at radius 1 is 1.23 bits per heavy atom. The van der Waals surface area contributed by atoms with Crippen LogP contribution < -0.4 is 0 Å². The van der Waals surface area contributed by atoms with E-state index in [1.165, 1.54) is 44.8 Å². The van der Waals surface area contributed by atoms with Gasteiger partial charge in [0.25, 0.3) is 0 Å². The van der Waals surface area contributed by atoms with Gasteiger partial charge in [-0.1, -0.05) is 12.0 Å². The molecule has 0 aromatic carbocycles. The van der Waals surface area contributed by atoms with E-state index in [9.17, 15) is 4.79 Å². The van der Waals surface area contributed by atoms with Crippen LogP contribution in [0.15, 0.2) is 11.6 Å². The highest BCUT2D eigenvalue weighted by Crippen LogP contribution is 2.46. The maximum atomic E-state index is 11.1. The summed E-state index contributed by atoms with van der Waals surface area (Å²) in [6.07, 6.45) is 8.18. The number of rotatable bonds is 3. The molecule has 2 fully saturated rings. The lowest BCUT2D eigenvalue weighted by molar-refractivity contribution is -0.134. The Bertz CT molecular complexity index is 234. The first-order valence-corrected chi connectivity index (χ1v) is 5.10. The fourth-order valence-electron chi connectivity index (χ4n) is 1.92. The summed E-state index contributed by atoms with van der Waals surface area (Å²) in [6, 6.07) is 0. The second-order valence-electron chi connectivity index (χ2n) is 4.07. The van der Waals surface area contributed by atoms with E-state index in [2.05, 4.69) is 4.74 Å². The highest BCUT2D eigenvalue weighted by atomic mass is 16.5. The molecule has 0 aromatic heterocycles. The van der Waals surface area contributed by atoms with Gasteiger partial charge in [0.05, 0.1) is 7.11 Å². The first-order valence-electron chi connectivity index (χ1n) is 5.10. The molecule has 0 bridgehead atoms. The monoisotopic (exact) mass is 180 g/mol. The topological polar surface area (TPSA) is 26.3 Å². The van der Waals surface area contributed by atoms with Crippen molar-refractivity contribution in [3.63, 3.8) is 0 Å². The van der Waals surface area contributed by atoms with Gasteiger partial charge in [0.15, 0.2) is 0 Å². The number of methoxy groups -OCH3 is 1. The predicted molar refractivity (Wildman–Crippen MR) is 50.2 cm³/mol. The van der Waals surface area contributed by atoms with Crippen molar-refractivity contribution in [2.24, 2.45) is 11.8 Å². The number of hydrogen-bond acceptors (Lipinski definition) is 2. The molecular weight excluding hydrogens is 164 g/mol. The molecule has 0 aliphatic heterocycles. The molecular formula is C11H16O2. The Kier molecular flexibility index (Phi) is 2.38. The second kappa shape index (κ2) is 3.52. The number of carbonyl (C=O) groups is 1. The van der Waals surface area contributed by atoms with E-state index in [0.717, 1.165) is 0 Å². The van der Waals surface area contributed by atoms with Crippen molar-refractivity contribution in [1.29, 1.82) is 0 Å². The lowest BCUT2D eigenvalue weighted by Crippen LogP contribution is -2.16. The number of allylic oxidation sites excluding steroid dienone is 1. The van der Waals surface area contributed by atoms with Crippen molar-refractivity contribution in [2.45, 2.75) is 32.1 Å². The lowest BCUT2D eigenvalue weighted by Gasteiger charge is -2.28. The summed E-state index contributed by atoms with van der Waals surface area (Å²) in [5.74, 6) is 1.24. The van der Waals surface area contributed by atoms with Crippen LogP contribution in [0.1, 0.15) is 32.1 Å². The van der Waals surface area contributed by atoms with Gasteiger partial charge in [0.1, 0.15) is 0 Å². The zero-order valence-electron chi connectivity index (χ0n) is 8.08. The Morgan fingerprint density at radius 2 is 1.85 bits per heavy atom. The lowest BCUT2D eigenvalue weighted by atomic mass is 9.77.